The van der Waals surface area contributed by atoms with Gasteiger partial charge in [-0.25, -0.2) is 0 Å². The second-order valence-electron chi connectivity index (χ2n) is 5.69. The van der Waals surface area contributed by atoms with Crippen LogP contribution in [0.15, 0.2) is 53.5 Å². The van der Waals surface area contributed by atoms with Gasteiger partial charge in [0, 0.05) is 21.4 Å². The number of hydrogen-bond donors (Lipinski definition) is 1. The lowest BCUT2D eigenvalue weighted by Gasteiger charge is -2.08. The van der Waals surface area contributed by atoms with E-state index in [0.717, 1.165) is 32.9 Å². The van der Waals surface area contributed by atoms with E-state index in [-0.39, 0.29) is 11.4 Å². The van der Waals surface area contributed by atoms with Gasteiger partial charge in [0.15, 0.2) is 5.50 Å². The van der Waals surface area contributed by atoms with Crippen molar-refractivity contribution in [1.29, 1.82) is 0 Å². The molecule has 3 aromatic rings. The molecule has 2 heterocycles. The summed E-state index contributed by atoms with van der Waals surface area (Å²) in [4.78, 5) is 17.8. The monoisotopic (exact) mass is 402 g/mol. The number of aliphatic imine (C=N–C) groups is 1. The smallest absolute Gasteiger partial charge is 0.265 e. The first-order valence-corrected chi connectivity index (χ1v) is 10.2. The van der Waals surface area contributed by atoms with Gasteiger partial charge in [-0.3, -0.25) is 9.79 Å². The highest BCUT2D eigenvalue weighted by atomic mass is 35.5. The summed E-state index contributed by atoms with van der Waals surface area (Å²) in [5.74, 6) is 1.34. The number of thiophene rings is 1. The van der Waals surface area contributed by atoms with E-state index >= 15 is 0 Å². The Labute approximate surface area is 164 Å². The molecule has 0 fully saturated rings. The largest absolute Gasteiger partial charge is 0.497 e. The number of nitrogens with zero attached hydrogens (tertiary/aromatic N) is 1. The number of fused-ring (bicyclic) bond motifs is 1. The van der Waals surface area contributed by atoms with E-state index in [1.165, 1.54) is 11.3 Å². The fourth-order valence-corrected chi connectivity index (χ4v) is 5.12. The van der Waals surface area contributed by atoms with Crippen molar-refractivity contribution < 1.29 is 9.53 Å². The van der Waals surface area contributed by atoms with Gasteiger partial charge >= 0.3 is 0 Å². The highest BCUT2D eigenvalue weighted by Crippen LogP contribution is 2.35. The van der Waals surface area contributed by atoms with Gasteiger partial charge in [0.25, 0.3) is 5.91 Å². The molecule has 1 atom stereocenters. The van der Waals surface area contributed by atoms with Gasteiger partial charge < -0.3 is 10.1 Å². The zero-order chi connectivity index (χ0) is 18.1. The SMILES string of the molecule is COc1cccc(C2=N[C@H](NC(=O)c3sc4ccccc4c3Cl)SC2)c1. The fraction of sp³-hybridized carbons (Fsp3) is 0.158. The first-order chi connectivity index (χ1) is 12.7. The molecule has 2 aromatic carbocycles. The van der Waals surface area contributed by atoms with Crippen LogP contribution in [0.2, 0.25) is 5.02 Å². The molecule has 1 aromatic heterocycles. The minimum absolute atomic E-state index is 0.190. The zero-order valence-electron chi connectivity index (χ0n) is 13.9. The predicted octanol–water partition coefficient (Wildman–Crippen LogP) is 4.81. The highest BCUT2D eigenvalue weighted by molar-refractivity contribution is 8.00. The number of carbonyl (C=O) groups is 1. The average Bonchev–Trinajstić information content (AvgIpc) is 3.27. The Morgan fingerprint density at radius 1 is 1.27 bits per heavy atom. The third-order valence-electron chi connectivity index (χ3n) is 4.05. The van der Waals surface area contributed by atoms with Crippen LogP contribution < -0.4 is 10.1 Å². The van der Waals surface area contributed by atoms with E-state index in [9.17, 15) is 4.79 Å². The summed E-state index contributed by atoms with van der Waals surface area (Å²) in [5.41, 5.74) is 1.64. The quantitative estimate of drug-likeness (QED) is 0.681. The molecule has 1 amide bonds. The minimum Gasteiger partial charge on any atom is -0.497 e. The summed E-state index contributed by atoms with van der Waals surface area (Å²) in [7, 11) is 1.64. The van der Waals surface area contributed by atoms with Gasteiger partial charge in [0.1, 0.15) is 10.6 Å². The molecule has 0 bridgehead atoms. The maximum Gasteiger partial charge on any atom is 0.265 e. The van der Waals surface area contributed by atoms with Crippen molar-refractivity contribution in [3.8, 4) is 5.75 Å². The molecule has 26 heavy (non-hydrogen) atoms. The van der Waals surface area contributed by atoms with Crippen molar-refractivity contribution in [2.24, 2.45) is 4.99 Å². The molecule has 0 saturated heterocycles. The van der Waals surface area contributed by atoms with Crippen LogP contribution in [0.4, 0.5) is 0 Å². The normalized spacial score (nSPS) is 16.5. The van der Waals surface area contributed by atoms with Crippen molar-refractivity contribution in [1.82, 2.24) is 5.32 Å². The van der Waals surface area contributed by atoms with E-state index in [2.05, 4.69) is 10.3 Å². The third kappa shape index (κ3) is 3.32. The van der Waals surface area contributed by atoms with Crippen LogP contribution in [0.1, 0.15) is 15.2 Å². The number of ether oxygens (including phenoxy) is 1. The summed E-state index contributed by atoms with van der Waals surface area (Å²) < 4.78 is 6.26. The molecule has 0 unspecified atom stereocenters. The first-order valence-electron chi connectivity index (χ1n) is 7.96. The maximum absolute atomic E-state index is 12.6. The molecule has 132 valence electrons. The number of thioether (sulfide) groups is 1. The Bertz CT molecular complexity index is 1020. The Morgan fingerprint density at radius 2 is 2.12 bits per heavy atom. The average molecular weight is 403 g/mol. The molecule has 0 saturated carbocycles. The second kappa shape index (κ2) is 7.31. The Balaban J connectivity index is 1.53. The predicted molar refractivity (Wildman–Crippen MR) is 110 cm³/mol. The highest BCUT2D eigenvalue weighted by Gasteiger charge is 2.24. The van der Waals surface area contributed by atoms with E-state index in [1.807, 2.05) is 48.5 Å². The number of rotatable bonds is 4. The van der Waals surface area contributed by atoms with Crippen LogP contribution in [0.3, 0.4) is 0 Å². The Kier molecular flexibility index (Phi) is 4.89. The van der Waals surface area contributed by atoms with Crippen LogP contribution in [-0.4, -0.2) is 30.0 Å². The van der Waals surface area contributed by atoms with Crippen LogP contribution in [-0.2, 0) is 0 Å². The molecular formula is C19H15ClN2O2S2. The van der Waals surface area contributed by atoms with Crippen molar-refractivity contribution in [2.75, 3.05) is 12.9 Å². The molecule has 1 aliphatic heterocycles. The summed E-state index contributed by atoms with van der Waals surface area (Å²) in [6.07, 6.45) is 0. The summed E-state index contributed by atoms with van der Waals surface area (Å²) in [6, 6.07) is 15.5. The molecule has 4 nitrogen and oxygen atoms in total. The number of halogens is 1. The molecule has 7 heteroatoms. The van der Waals surface area contributed by atoms with Gasteiger partial charge in [-0.1, -0.05) is 41.9 Å². The van der Waals surface area contributed by atoms with Gasteiger partial charge in [-0.05, 0) is 18.2 Å². The summed E-state index contributed by atoms with van der Waals surface area (Å²) >= 11 is 9.37. The number of hydrogen-bond acceptors (Lipinski definition) is 5. The Hall–Kier alpha value is -2.02. The third-order valence-corrected chi connectivity index (χ3v) is 6.70. The van der Waals surface area contributed by atoms with Crippen molar-refractivity contribution in [3.63, 3.8) is 0 Å². The fourth-order valence-electron chi connectivity index (χ4n) is 2.75. The van der Waals surface area contributed by atoms with Crippen LogP contribution in [0, 0.1) is 0 Å². The molecule has 1 N–H and O–H groups in total. The number of carbonyl (C=O) groups excluding carboxylic acids is 1. The van der Waals surface area contributed by atoms with Gasteiger partial charge in [0.2, 0.25) is 0 Å². The second-order valence-corrected chi connectivity index (χ2v) is 8.18. The van der Waals surface area contributed by atoms with E-state index in [0.29, 0.717) is 9.90 Å². The maximum atomic E-state index is 12.6. The van der Waals surface area contributed by atoms with Crippen LogP contribution in [0.25, 0.3) is 10.1 Å². The lowest BCUT2D eigenvalue weighted by atomic mass is 10.1. The van der Waals surface area contributed by atoms with Crippen molar-refractivity contribution in [3.05, 3.63) is 64.0 Å². The molecule has 4 rings (SSSR count). The number of methoxy groups -OCH3 is 1. The molecular weight excluding hydrogens is 388 g/mol. The minimum atomic E-state index is -0.315. The number of amides is 1. The van der Waals surface area contributed by atoms with Gasteiger partial charge in [-0.15, -0.1) is 23.1 Å². The van der Waals surface area contributed by atoms with E-state index in [4.69, 9.17) is 16.3 Å². The standard InChI is InChI=1S/C19H15ClN2O2S2/c1-24-12-6-4-5-11(9-12)14-10-25-19(21-14)22-18(23)17-16(20)13-7-2-3-8-15(13)26-17/h2-9,19H,10H2,1H3,(H,22,23)/t19-/m1/s1. The topological polar surface area (TPSA) is 50.7 Å². The number of benzene rings is 2. The summed E-state index contributed by atoms with van der Waals surface area (Å²) in [6.45, 7) is 0. The lowest BCUT2D eigenvalue weighted by molar-refractivity contribution is 0.0955. The van der Waals surface area contributed by atoms with Crippen molar-refractivity contribution in [2.45, 2.75) is 5.50 Å². The molecule has 1 aliphatic rings. The number of nitrogens with one attached hydrogen (secondary N) is 1. The molecule has 0 radical (unpaired) electrons. The van der Waals surface area contributed by atoms with Crippen molar-refractivity contribution >= 4 is 56.4 Å². The summed E-state index contributed by atoms with van der Waals surface area (Å²) in [5, 5.41) is 4.37. The molecule has 0 spiro atoms. The van der Waals surface area contributed by atoms with Crippen LogP contribution in [0.5, 0.6) is 5.75 Å². The van der Waals surface area contributed by atoms with E-state index in [1.54, 1.807) is 18.9 Å². The lowest BCUT2D eigenvalue weighted by Crippen LogP contribution is -2.29. The zero-order valence-corrected chi connectivity index (χ0v) is 16.3. The first kappa shape index (κ1) is 17.4. The van der Waals surface area contributed by atoms with Crippen LogP contribution >= 0.6 is 34.7 Å². The van der Waals surface area contributed by atoms with E-state index < -0.39 is 0 Å². The van der Waals surface area contributed by atoms with Gasteiger partial charge in [0.05, 0.1) is 17.8 Å². The Morgan fingerprint density at radius 3 is 2.92 bits per heavy atom. The van der Waals surface area contributed by atoms with Gasteiger partial charge in [-0.2, -0.15) is 0 Å². The molecule has 0 aliphatic carbocycles.